The summed E-state index contributed by atoms with van der Waals surface area (Å²) in [6.07, 6.45) is 0.316. The van der Waals surface area contributed by atoms with E-state index < -0.39 is 0 Å². The summed E-state index contributed by atoms with van der Waals surface area (Å²) in [6.45, 7) is 7.70. The molecule has 18 heavy (non-hydrogen) atoms. The van der Waals surface area contributed by atoms with E-state index in [1.165, 1.54) is 0 Å². The first-order chi connectivity index (χ1) is 8.65. The van der Waals surface area contributed by atoms with E-state index in [2.05, 4.69) is 18.7 Å². The van der Waals surface area contributed by atoms with Gasteiger partial charge in [0.1, 0.15) is 12.4 Å². The summed E-state index contributed by atoms with van der Waals surface area (Å²) >= 11 is 5.82. The average molecular weight is 270 g/mol. The van der Waals surface area contributed by atoms with Crippen molar-refractivity contribution in [2.75, 3.05) is 26.3 Å². The zero-order chi connectivity index (χ0) is 13.0. The van der Waals surface area contributed by atoms with E-state index >= 15 is 0 Å². The average Bonchev–Trinajstić information content (AvgIpc) is 2.36. The predicted octanol–water partition coefficient (Wildman–Crippen LogP) is 2.83. The van der Waals surface area contributed by atoms with E-state index in [1.807, 2.05) is 24.3 Å². The Kier molecular flexibility index (Phi) is 4.87. The van der Waals surface area contributed by atoms with Crippen LogP contribution in [-0.4, -0.2) is 43.3 Å². The van der Waals surface area contributed by atoms with Crippen LogP contribution in [-0.2, 0) is 4.74 Å². The molecule has 2 atom stereocenters. The van der Waals surface area contributed by atoms with Crippen molar-refractivity contribution in [2.24, 2.45) is 0 Å². The minimum Gasteiger partial charge on any atom is -0.492 e. The Balaban J connectivity index is 1.76. The van der Waals surface area contributed by atoms with Gasteiger partial charge in [0.15, 0.2) is 0 Å². The summed E-state index contributed by atoms with van der Waals surface area (Å²) in [4.78, 5) is 2.41. The summed E-state index contributed by atoms with van der Waals surface area (Å²) in [5.41, 5.74) is 0. The molecule has 1 aromatic rings. The summed E-state index contributed by atoms with van der Waals surface area (Å²) in [5.74, 6) is 0.869. The maximum Gasteiger partial charge on any atom is 0.119 e. The molecule has 0 aliphatic carbocycles. The zero-order valence-corrected chi connectivity index (χ0v) is 11.7. The number of halogens is 1. The summed E-state index contributed by atoms with van der Waals surface area (Å²) < 4.78 is 11.3. The van der Waals surface area contributed by atoms with Crippen LogP contribution in [0.2, 0.25) is 5.02 Å². The molecule has 1 saturated heterocycles. The normalized spacial score (nSPS) is 25.1. The number of ether oxygens (including phenoxy) is 2. The van der Waals surface area contributed by atoms with Crippen molar-refractivity contribution >= 4 is 11.6 Å². The minimum atomic E-state index is 0.316. The zero-order valence-electron chi connectivity index (χ0n) is 10.9. The molecule has 1 fully saturated rings. The molecule has 0 amide bonds. The van der Waals surface area contributed by atoms with Gasteiger partial charge in [-0.1, -0.05) is 11.6 Å². The summed E-state index contributed by atoms with van der Waals surface area (Å²) in [7, 11) is 0. The molecule has 0 radical (unpaired) electrons. The number of nitrogens with zero attached hydrogens (tertiary/aromatic N) is 1. The second kappa shape index (κ2) is 6.41. The number of hydrogen-bond donors (Lipinski definition) is 0. The van der Waals surface area contributed by atoms with Crippen molar-refractivity contribution in [1.82, 2.24) is 4.90 Å². The van der Waals surface area contributed by atoms with Crippen molar-refractivity contribution in [3.63, 3.8) is 0 Å². The second-order valence-electron chi connectivity index (χ2n) is 4.79. The van der Waals surface area contributed by atoms with E-state index in [0.717, 1.165) is 30.5 Å². The van der Waals surface area contributed by atoms with Crippen molar-refractivity contribution in [2.45, 2.75) is 26.0 Å². The maximum absolute atomic E-state index is 5.82. The number of benzene rings is 1. The summed E-state index contributed by atoms with van der Waals surface area (Å²) in [5, 5.41) is 0.734. The van der Waals surface area contributed by atoms with Gasteiger partial charge in [0.2, 0.25) is 0 Å². The molecule has 1 aliphatic rings. The third-order valence-electron chi connectivity index (χ3n) is 3.20. The molecule has 2 rings (SSSR count). The third kappa shape index (κ3) is 3.87. The molecule has 1 aliphatic heterocycles. The van der Waals surface area contributed by atoms with Gasteiger partial charge in [-0.3, -0.25) is 4.90 Å². The molecular formula is C14H20ClNO2. The highest BCUT2D eigenvalue weighted by atomic mass is 35.5. The lowest BCUT2D eigenvalue weighted by Gasteiger charge is -2.36. The van der Waals surface area contributed by atoms with Gasteiger partial charge in [-0.15, -0.1) is 0 Å². The Morgan fingerprint density at radius 2 is 2.06 bits per heavy atom. The molecule has 0 saturated carbocycles. The fourth-order valence-corrected chi connectivity index (χ4v) is 2.22. The van der Waals surface area contributed by atoms with Crippen LogP contribution in [0, 0.1) is 0 Å². The monoisotopic (exact) mass is 269 g/mol. The van der Waals surface area contributed by atoms with E-state index in [9.17, 15) is 0 Å². The first-order valence-electron chi connectivity index (χ1n) is 6.39. The lowest BCUT2D eigenvalue weighted by Crippen LogP contribution is -2.48. The highest BCUT2D eigenvalue weighted by Gasteiger charge is 2.22. The lowest BCUT2D eigenvalue weighted by atomic mass is 10.2. The Morgan fingerprint density at radius 3 is 2.78 bits per heavy atom. The molecular weight excluding hydrogens is 250 g/mol. The topological polar surface area (TPSA) is 21.7 Å². The smallest absolute Gasteiger partial charge is 0.119 e. The first kappa shape index (κ1) is 13.7. The van der Waals surface area contributed by atoms with Gasteiger partial charge in [-0.2, -0.15) is 0 Å². The van der Waals surface area contributed by atoms with Crippen molar-refractivity contribution in [3.05, 3.63) is 29.3 Å². The molecule has 1 heterocycles. The molecule has 2 unspecified atom stereocenters. The number of morpholine rings is 1. The van der Waals surface area contributed by atoms with Gasteiger partial charge in [0.05, 0.1) is 12.7 Å². The van der Waals surface area contributed by atoms with Gasteiger partial charge in [-0.25, -0.2) is 0 Å². The molecule has 4 heteroatoms. The standard InChI is InChI=1S/C14H20ClNO2/c1-11-10-18-12(2)9-16(11)7-8-17-14-5-3-13(15)4-6-14/h3-6,11-12H,7-10H2,1-2H3. The fourth-order valence-electron chi connectivity index (χ4n) is 2.10. The van der Waals surface area contributed by atoms with E-state index in [4.69, 9.17) is 21.1 Å². The second-order valence-corrected chi connectivity index (χ2v) is 5.23. The molecule has 3 nitrogen and oxygen atoms in total. The van der Waals surface area contributed by atoms with Crippen LogP contribution in [0.15, 0.2) is 24.3 Å². The van der Waals surface area contributed by atoms with Crippen molar-refractivity contribution in [1.29, 1.82) is 0 Å². The Bertz CT molecular complexity index is 369. The molecule has 0 spiro atoms. The predicted molar refractivity (Wildman–Crippen MR) is 73.4 cm³/mol. The van der Waals surface area contributed by atoms with Crippen LogP contribution in [0.4, 0.5) is 0 Å². The van der Waals surface area contributed by atoms with E-state index in [0.29, 0.717) is 18.8 Å². The molecule has 0 N–H and O–H groups in total. The summed E-state index contributed by atoms with van der Waals surface area (Å²) in [6, 6.07) is 7.95. The molecule has 100 valence electrons. The van der Waals surface area contributed by atoms with Crippen molar-refractivity contribution in [3.8, 4) is 5.75 Å². The first-order valence-corrected chi connectivity index (χ1v) is 6.77. The largest absolute Gasteiger partial charge is 0.492 e. The third-order valence-corrected chi connectivity index (χ3v) is 3.45. The van der Waals surface area contributed by atoms with Gasteiger partial charge in [0.25, 0.3) is 0 Å². The van der Waals surface area contributed by atoms with Crippen LogP contribution < -0.4 is 4.74 Å². The van der Waals surface area contributed by atoms with Crippen LogP contribution >= 0.6 is 11.6 Å². The van der Waals surface area contributed by atoms with Crippen molar-refractivity contribution < 1.29 is 9.47 Å². The molecule has 0 bridgehead atoms. The highest BCUT2D eigenvalue weighted by molar-refractivity contribution is 6.30. The fraction of sp³-hybridized carbons (Fsp3) is 0.571. The van der Waals surface area contributed by atoms with Crippen LogP contribution in [0.1, 0.15) is 13.8 Å². The van der Waals surface area contributed by atoms with Crippen LogP contribution in [0.5, 0.6) is 5.75 Å². The van der Waals surface area contributed by atoms with Gasteiger partial charge in [-0.05, 0) is 38.1 Å². The Labute approximate surface area is 114 Å². The highest BCUT2D eigenvalue weighted by Crippen LogP contribution is 2.16. The van der Waals surface area contributed by atoms with Gasteiger partial charge in [0, 0.05) is 24.2 Å². The Hall–Kier alpha value is -0.770. The maximum atomic E-state index is 5.82. The van der Waals surface area contributed by atoms with Gasteiger partial charge < -0.3 is 9.47 Å². The molecule has 0 aromatic heterocycles. The number of hydrogen-bond acceptors (Lipinski definition) is 3. The van der Waals surface area contributed by atoms with E-state index in [1.54, 1.807) is 0 Å². The molecule has 1 aromatic carbocycles. The van der Waals surface area contributed by atoms with Gasteiger partial charge >= 0.3 is 0 Å². The SMILES string of the molecule is CC1CN(CCOc2ccc(Cl)cc2)C(C)CO1. The number of rotatable bonds is 4. The minimum absolute atomic E-state index is 0.316. The Morgan fingerprint density at radius 1 is 1.33 bits per heavy atom. The quantitative estimate of drug-likeness (QED) is 0.839. The lowest BCUT2D eigenvalue weighted by molar-refractivity contribution is -0.0522. The van der Waals surface area contributed by atoms with E-state index in [-0.39, 0.29) is 0 Å². The van der Waals surface area contributed by atoms with Crippen LogP contribution in [0.25, 0.3) is 0 Å². The van der Waals surface area contributed by atoms with Crippen LogP contribution in [0.3, 0.4) is 0 Å².